The molecule has 22 heavy (non-hydrogen) atoms. The number of fused-ring (bicyclic) bond motifs is 1. The van der Waals surface area contributed by atoms with Crippen LogP contribution in [0.5, 0.6) is 11.5 Å². The van der Waals surface area contributed by atoms with Gasteiger partial charge in [-0.05, 0) is 23.8 Å². The Bertz CT molecular complexity index is 765. The van der Waals surface area contributed by atoms with Crippen LogP contribution in [0.2, 0.25) is 5.02 Å². The van der Waals surface area contributed by atoms with Crippen LogP contribution in [0.4, 0.5) is 5.69 Å². The average Bonchev–Trinajstić information content (AvgIpc) is 3.00. The number of carbonyl (C=O) groups excluding carboxylic acids is 1. The van der Waals surface area contributed by atoms with E-state index in [-0.39, 0.29) is 18.7 Å². The standard InChI is InChI=1S/C16H13ClN2O3/c17-11-4-2-1-3-10(11)15-14(18)16(20)19(15)9-5-6-12-13(7-9)22-8-21-12/h1-7,14-15H,8,18H2. The number of anilines is 1. The molecule has 1 amide bonds. The first-order valence-corrected chi connectivity index (χ1v) is 7.27. The Morgan fingerprint density at radius 3 is 2.73 bits per heavy atom. The Labute approximate surface area is 132 Å². The lowest BCUT2D eigenvalue weighted by molar-refractivity contribution is -0.126. The molecule has 0 aliphatic carbocycles. The minimum Gasteiger partial charge on any atom is -0.454 e. The van der Waals surface area contributed by atoms with Gasteiger partial charge in [-0.15, -0.1) is 0 Å². The normalized spacial score (nSPS) is 22.6. The van der Waals surface area contributed by atoms with Gasteiger partial charge in [0.15, 0.2) is 11.5 Å². The van der Waals surface area contributed by atoms with Crippen molar-refractivity contribution >= 4 is 23.2 Å². The van der Waals surface area contributed by atoms with E-state index in [4.69, 9.17) is 26.8 Å². The number of benzene rings is 2. The van der Waals surface area contributed by atoms with Crippen LogP contribution in [-0.2, 0) is 4.79 Å². The second kappa shape index (κ2) is 4.90. The van der Waals surface area contributed by atoms with Crippen molar-refractivity contribution < 1.29 is 14.3 Å². The Morgan fingerprint density at radius 1 is 1.14 bits per heavy atom. The number of nitrogens with two attached hydrogens (primary N) is 1. The van der Waals surface area contributed by atoms with E-state index in [0.717, 1.165) is 11.3 Å². The topological polar surface area (TPSA) is 64.8 Å². The summed E-state index contributed by atoms with van der Waals surface area (Å²) in [5.41, 5.74) is 7.57. The van der Waals surface area contributed by atoms with E-state index < -0.39 is 6.04 Å². The van der Waals surface area contributed by atoms with E-state index in [0.29, 0.717) is 16.5 Å². The number of hydrogen-bond donors (Lipinski definition) is 1. The van der Waals surface area contributed by atoms with Crippen LogP contribution in [0.1, 0.15) is 11.6 Å². The van der Waals surface area contributed by atoms with Crippen molar-refractivity contribution in [2.75, 3.05) is 11.7 Å². The zero-order chi connectivity index (χ0) is 15.3. The van der Waals surface area contributed by atoms with Gasteiger partial charge >= 0.3 is 0 Å². The molecule has 2 atom stereocenters. The highest BCUT2D eigenvalue weighted by molar-refractivity contribution is 6.31. The highest BCUT2D eigenvalue weighted by atomic mass is 35.5. The Kier molecular flexibility index (Phi) is 2.99. The number of hydrogen-bond acceptors (Lipinski definition) is 4. The van der Waals surface area contributed by atoms with Crippen LogP contribution in [0, 0.1) is 0 Å². The van der Waals surface area contributed by atoms with Crippen LogP contribution in [-0.4, -0.2) is 18.7 Å². The molecule has 1 fully saturated rings. The van der Waals surface area contributed by atoms with E-state index in [1.54, 1.807) is 23.1 Å². The number of carbonyl (C=O) groups is 1. The summed E-state index contributed by atoms with van der Waals surface area (Å²) in [6.45, 7) is 0.195. The summed E-state index contributed by atoms with van der Waals surface area (Å²) in [7, 11) is 0. The first kappa shape index (κ1) is 13.4. The van der Waals surface area contributed by atoms with Gasteiger partial charge in [0.1, 0.15) is 6.04 Å². The van der Waals surface area contributed by atoms with E-state index >= 15 is 0 Å². The van der Waals surface area contributed by atoms with Crippen LogP contribution in [0.25, 0.3) is 0 Å². The van der Waals surface area contributed by atoms with Crippen LogP contribution in [0.3, 0.4) is 0 Å². The second-order valence-corrected chi connectivity index (χ2v) is 5.65. The van der Waals surface area contributed by atoms with Gasteiger partial charge in [-0.1, -0.05) is 29.8 Å². The summed E-state index contributed by atoms with van der Waals surface area (Å²) in [5.74, 6) is 1.17. The number of amides is 1. The summed E-state index contributed by atoms with van der Waals surface area (Å²) < 4.78 is 10.7. The smallest absolute Gasteiger partial charge is 0.247 e. The fourth-order valence-electron chi connectivity index (χ4n) is 2.88. The molecule has 112 valence electrons. The molecule has 2 aromatic rings. The Hall–Kier alpha value is -2.24. The molecule has 4 rings (SSSR count). The molecule has 2 N–H and O–H groups in total. The number of nitrogens with zero attached hydrogens (tertiary/aromatic N) is 1. The maximum absolute atomic E-state index is 12.2. The van der Waals surface area contributed by atoms with Crippen LogP contribution < -0.4 is 20.1 Å². The van der Waals surface area contributed by atoms with Gasteiger partial charge in [0, 0.05) is 16.8 Å². The van der Waals surface area contributed by atoms with Crippen molar-refractivity contribution in [1.82, 2.24) is 0 Å². The number of halogens is 1. The summed E-state index contributed by atoms with van der Waals surface area (Å²) in [6.07, 6.45) is 0. The van der Waals surface area contributed by atoms with Gasteiger partial charge in [0.2, 0.25) is 12.7 Å². The van der Waals surface area contributed by atoms with E-state index in [2.05, 4.69) is 0 Å². The Morgan fingerprint density at radius 2 is 1.91 bits per heavy atom. The molecule has 5 nitrogen and oxygen atoms in total. The van der Waals surface area contributed by atoms with Crippen molar-refractivity contribution in [3.63, 3.8) is 0 Å². The fraction of sp³-hybridized carbons (Fsp3) is 0.188. The maximum atomic E-state index is 12.2. The lowest BCUT2D eigenvalue weighted by Gasteiger charge is -2.45. The first-order chi connectivity index (χ1) is 10.7. The molecule has 0 spiro atoms. The largest absolute Gasteiger partial charge is 0.454 e. The van der Waals surface area contributed by atoms with E-state index in [1.165, 1.54) is 0 Å². The van der Waals surface area contributed by atoms with Gasteiger partial charge in [0.25, 0.3) is 0 Å². The maximum Gasteiger partial charge on any atom is 0.247 e. The SMILES string of the molecule is NC1C(=O)N(c2ccc3c(c2)OCO3)C1c1ccccc1Cl. The fourth-order valence-corrected chi connectivity index (χ4v) is 3.13. The highest BCUT2D eigenvalue weighted by Crippen LogP contribution is 2.43. The lowest BCUT2D eigenvalue weighted by atomic mass is 9.88. The number of β-lactam (4-membered cyclic amide) rings is 1. The highest BCUT2D eigenvalue weighted by Gasteiger charge is 2.47. The average molecular weight is 317 g/mol. The molecule has 2 heterocycles. The van der Waals surface area contributed by atoms with Gasteiger partial charge in [-0.3, -0.25) is 4.79 Å². The molecule has 1 saturated heterocycles. The van der Waals surface area contributed by atoms with Crippen molar-refractivity contribution in [1.29, 1.82) is 0 Å². The van der Waals surface area contributed by atoms with E-state index in [9.17, 15) is 4.79 Å². The molecule has 2 aromatic carbocycles. The second-order valence-electron chi connectivity index (χ2n) is 5.24. The summed E-state index contributed by atoms with van der Waals surface area (Å²) >= 11 is 6.25. The molecular weight excluding hydrogens is 304 g/mol. The van der Waals surface area contributed by atoms with Gasteiger partial charge in [-0.2, -0.15) is 0 Å². The molecule has 2 aliphatic heterocycles. The van der Waals surface area contributed by atoms with Gasteiger partial charge in [-0.25, -0.2) is 0 Å². The van der Waals surface area contributed by atoms with Crippen molar-refractivity contribution in [2.24, 2.45) is 5.73 Å². The third kappa shape index (κ3) is 1.86. The quantitative estimate of drug-likeness (QED) is 0.865. The third-order valence-electron chi connectivity index (χ3n) is 4.00. The number of ether oxygens (including phenoxy) is 2. The molecule has 6 heteroatoms. The van der Waals surface area contributed by atoms with Crippen LogP contribution >= 0.6 is 11.6 Å². The molecular formula is C16H13ClN2O3. The molecule has 0 saturated carbocycles. The molecule has 0 bridgehead atoms. The van der Waals surface area contributed by atoms with Crippen molar-refractivity contribution in [3.8, 4) is 11.5 Å². The minimum absolute atomic E-state index is 0.135. The molecule has 0 aromatic heterocycles. The summed E-state index contributed by atoms with van der Waals surface area (Å²) in [4.78, 5) is 13.9. The molecule has 2 unspecified atom stereocenters. The zero-order valence-electron chi connectivity index (χ0n) is 11.5. The van der Waals surface area contributed by atoms with Crippen molar-refractivity contribution in [2.45, 2.75) is 12.1 Å². The predicted molar refractivity (Wildman–Crippen MR) is 82.2 cm³/mol. The summed E-state index contributed by atoms with van der Waals surface area (Å²) in [5, 5.41) is 0.598. The van der Waals surface area contributed by atoms with Crippen LogP contribution in [0.15, 0.2) is 42.5 Å². The monoisotopic (exact) mass is 316 g/mol. The lowest BCUT2D eigenvalue weighted by Crippen LogP contribution is -2.63. The van der Waals surface area contributed by atoms with E-state index in [1.807, 2.05) is 24.3 Å². The molecule has 2 aliphatic rings. The van der Waals surface area contributed by atoms with Gasteiger partial charge < -0.3 is 20.1 Å². The Balaban J connectivity index is 1.74. The zero-order valence-corrected chi connectivity index (χ0v) is 12.3. The predicted octanol–water partition coefficient (Wildman–Crippen LogP) is 2.48. The third-order valence-corrected chi connectivity index (χ3v) is 4.34. The van der Waals surface area contributed by atoms with Crippen molar-refractivity contribution in [3.05, 3.63) is 53.1 Å². The minimum atomic E-state index is -0.592. The number of rotatable bonds is 2. The first-order valence-electron chi connectivity index (χ1n) is 6.89. The summed E-state index contributed by atoms with van der Waals surface area (Å²) in [6, 6.07) is 11.9. The van der Waals surface area contributed by atoms with Gasteiger partial charge in [0.05, 0.1) is 6.04 Å². The molecule has 0 radical (unpaired) electrons.